The van der Waals surface area contributed by atoms with Crippen LogP contribution in [-0.4, -0.2) is 40.6 Å². The molecule has 4 rings (SSSR count). The topological polar surface area (TPSA) is 47.4 Å². The van der Waals surface area contributed by atoms with Gasteiger partial charge in [-0.15, -0.1) is 0 Å². The van der Waals surface area contributed by atoms with Crippen LogP contribution in [0, 0.1) is 5.92 Å². The number of para-hydroxylation sites is 1. The van der Waals surface area contributed by atoms with Crippen LogP contribution in [0.25, 0.3) is 0 Å². The minimum absolute atomic E-state index is 0.180. The minimum atomic E-state index is 0.180. The Morgan fingerprint density at radius 3 is 2.92 bits per heavy atom. The lowest BCUT2D eigenvalue weighted by Gasteiger charge is -2.33. The molecular formula is C21H27N3O2. The summed E-state index contributed by atoms with van der Waals surface area (Å²) in [6, 6.07) is 7.78. The number of likely N-dealkylation sites (tertiary alicyclic amines) is 1. The van der Waals surface area contributed by atoms with Crippen molar-refractivity contribution in [2.24, 2.45) is 5.92 Å². The van der Waals surface area contributed by atoms with Gasteiger partial charge in [-0.1, -0.05) is 18.2 Å². The molecule has 26 heavy (non-hydrogen) atoms. The smallest absolute Gasteiger partial charge is 0.227 e. The highest BCUT2D eigenvalue weighted by molar-refractivity contribution is 5.79. The Labute approximate surface area is 155 Å². The zero-order valence-electron chi connectivity index (χ0n) is 15.4. The average molecular weight is 353 g/mol. The first kappa shape index (κ1) is 17.1. The van der Waals surface area contributed by atoms with Gasteiger partial charge in [0.05, 0.1) is 13.5 Å². The summed E-state index contributed by atoms with van der Waals surface area (Å²) >= 11 is 0. The molecule has 0 unspecified atom stereocenters. The Hall–Kier alpha value is -2.30. The lowest BCUT2D eigenvalue weighted by Crippen LogP contribution is -2.40. The summed E-state index contributed by atoms with van der Waals surface area (Å²) in [4.78, 5) is 19.5. The van der Waals surface area contributed by atoms with Gasteiger partial charge in [0.25, 0.3) is 0 Å². The first-order valence-electron chi connectivity index (χ1n) is 9.65. The fraction of sp³-hybridized carbons (Fsp3) is 0.524. The highest BCUT2D eigenvalue weighted by Crippen LogP contribution is 2.33. The number of benzene rings is 1. The Morgan fingerprint density at radius 1 is 1.27 bits per heavy atom. The summed E-state index contributed by atoms with van der Waals surface area (Å²) in [6.45, 7) is 2.70. The van der Waals surface area contributed by atoms with Crippen molar-refractivity contribution in [2.45, 2.75) is 44.6 Å². The number of ether oxygens (including phenoxy) is 1. The molecule has 1 saturated carbocycles. The molecule has 5 heteroatoms. The lowest BCUT2D eigenvalue weighted by molar-refractivity contribution is -0.131. The highest BCUT2D eigenvalue weighted by atomic mass is 16.5. The van der Waals surface area contributed by atoms with E-state index in [1.807, 2.05) is 35.4 Å². The SMILES string of the molecule is COc1ccccc1CC(=O)N1CCC[C@H](c2nccn2CC2CC2)C1. The van der Waals surface area contributed by atoms with Crippen molar-refractivity contribution in [1.82, 2.24) is 14.5 Å². The first-order valence-corrected chi connectivity index (χ1v) is 9.65. The molecule has 0 spiro atoms. The van der Waals surface area contributed by atoms with Gasteiger partial charge < -0.3 is 14.2 Å². The molecule has 0 N–H and O–H groups in total. The zero-order chi connectivity index (χ0) is 17.9. The molecule has 2 fully saturated rings. The van der Waals surface area contributed by atoms with Gasteiger partial charge in [0, 0.05) is 43.5 Å². The number of nitrogens with zero attached hydrogens (tertiary/aromatic N) is 3. The molecule has 2 aromatic rings. The van der Waals surface area contributed by atoms with E-state index >= 15 is 0 Å². The van der Waals surface area contributed by atoms with Crippen molar-refractivity contribution in [1.29, 1.82) is 0 Å². The first-order chi connectivity index (χ1) is 12.7. The van der Waals surface area contributed by atoms with Crippen molar-refractivity contribution in [3.05, 3.63) is 48.0 Å². The molecule has 1 aromatic carbocycles. The molecule has 2 heterocycles. The maximum absolute atomic E-state index is 12.9. The molecule has 1 amide bonds. The van der Waals surface area contributed by atoms with Crippen molar-refractivity contribution >= 4 is 5.91 Å². The van der Waals surface area contributed by atoms with Crippen LogP contribution in [0.4, 0.5) is 0 Å². The van der Waals surface area contributed by atoms with Crippen LogP contribution in [0.2, 0.25) is 0 Å². The quantitative estimate of drug-likeness (QED) is 0.801. The van der Waals surface area contributed by atoms with Crippen LogP contribution in [-0.2, 0) is 17.8 Å². The Kier molecular flexibility index (Phi) is 4.96. The Balaban J connectivity index is 1.43. The van der Waals surface area contributed by atoms with E-state index in [-0.39, 0.29) is 5.91 Å². The fourth-order valence-corrected chi connectivity index (χ4v) is 3.95. The zero-order valence-corrected chi connectivity index (χ0v) is 15.4. The molecule has 1 aliphatic carbocycles. The van der Waals surface area contributed by atoms with Crippen LogP contribution >= 0.6 is 0 Å². The van der Waals surface area contributed by atoms with Crippen molar-refractivity contribution in [3.63, 3.8) is 0 Å². The number of hydrogen-bond donors (Lipinski definition) is 0. The van der Waals surface area contributed by atoms with Crippen LogP contribution < -0.4 is 4.74 Å². The third kappa shape index (κ3) is 3.76. The average Bonchev–Trinajstić information content (AvgIpc) is 3.37. The van der Waals surface area contributed by atoms with E-state index < -0.39 is 0 Å². The third-order valence-electron chi connectivity index (χ3n) is 5.57. The Bertz CT molecular complexity index is 766. The van der Waals surface area contributed by atoms with Crippen molar-refractivity contribution < 1.29 is 9.53 Å². The number of rotatable bonds is 6. The largest absolute Gasteiger partial charge is 0.496 e. The summed E-state index contributed by atoms with van der Waals surface area (Å²) in [5.41, 5.74) is 0.956. The summed E-state index contributed by atoms with van der Waals surface area (Å²) < 4.78 is 7.70. The molecule has 1 atom stereocenters. The second kappa shape index (κ2) is 7.52. The van der Waals surface area contributed by atoms with E-state index in [1.54, 1.807) is 7.11 Å². The number of imidazole rings is 1. The van der Waals surface area contributed by atoms with E-state index in [1.165, 1.54) is 12.8 Å². The number of piperidine rings is 1. The third-order valence-corrected chi connectivity index (χ3v) is 5.57. The van der Waals surface area contributed by atoms with Gasteiger partial charge in [0.2, 0.25) is 5.91 Å². The molecule has 1 aromatic heterocycles. The minimum Gasteiger partial charge on any atom is -0.496 e. The number of methoxy groups -OCH3 is 1. The summed E-state index contributed by atoms with van der Waals surface area (Å²) in [7, 11) is 1.65. The van der Waals surface area contributed by atoms with E-state index in [9.17, 15) is 4.79 Å². The molecule has 5 nitrogen and oxygen atoms in total. The standard InChI is InChI=1S/C21H27N3O2/c1-26-19-7-3-2-5-17(19)13-20(25)23-11-4-6-18(15-23)21-22-10-12-24(21)14-16-8-9-16/h2-3,5,7,10,12,16,18H,4,6,8-9,11,13-15H2,1H3/t18-/m0/s1. The maximum atomic E-state index is 12.9. The summed E-state index contributed by atoms with van der Waals surface area (Å²) in [5.74, 6) is 3.30. The van der Waals surface area contributed by atoms with Gasteiger partial charge in [-0.3, -0.25) is 4.79 Å². The van der Waals surface area contributed by atoms with E-state index in [4.69, 9.17) is 4.74 Å². The summed E-state index contributed by atoms with van der Waals surface area (Å²) in [5, 5.41) is 0. The lowest BCUT2D eigenvalue weighted by atomic mass is 9.96. The number of amides is 1. The molecule has 138 valence electrons. The monoisotopic (exact) mass is 353 g/mol. The number of aromatic nitrogens is 2. The predicted molar refractivity (Wildman–Crippen MR) is 100 cm³/mol. The van der Waals surface area contributed by atoms with Crippen LogP contribution in [0.3, 0.4) is 0 Å². The summed E-state index contributed by atoms with van der Waals surface area (Å²) in [6.07, 6.45) is 9.24. The van der Waals surface area contributed by atoms with E-state index in [2.05, 4.69) is 15.7 Å². The van der Waals surface area contributed by atoms with Gasteiger partial charge in [-0.25, -0.2) is 4.98 Å². The normalized spacial score (nSPS) is 20.2. The van der Waals surface area contributed by atoms with Gasteiger partial charge >= 0.3 is 0 Å². The van der Waals surface area contributed by atoms with Gasteiger partial charge in [0.1, 0.15) is 11.6 Å². The highest BCUT2D eigenvalue weighted by Gasteiger charge is 2.29. The maximum Gasteiger partial charge on any atom is 0.227 e. The van der Waals surface area contributed by atoms with Crippen LogP contribution in [0.15, 0.2) is 36.7 Å². The molecule has 0 radical (unpaired) electrons. The van der Waals surface area contributed by atoms with E-state index in [0.717, 1.165) is 55.5 Å². The fourth-order valence-electron chi connectivity index (χ4n) is 3.95. The molecule has 2 aliphatic rings. The number of hydrogen-bond acceptors (Lipinski definition) is 3. The van der Waals surface area contributed by atoms with Crippen molar-refractivity contribution in [2.75, 3.05) is 20.2 Å². The molecule has 1 aliphatic heterocycles. The van der Waals surface area contributed by atoms with E-state index in [0.29, 0.717) is 12.3 Å². The second-order valence-electron chi connectivity index (χ2n) is 7.55. The second-order valence-corrected chi connectivity index (χ2v) is 7.55. The van der Waals surface area contributed by atoms with Crippen LogP contribution in [0.1, 0.15) is 43.0 Å². The predicted octanol–water partition coefficient (Wildman–Crippen LogP) is 3.25. The van der Waals surface area contributed by atoms with Gasteiger partial charge in [0.15, 0.2) is 0 Å². The molecule has 0 bridgehead atoms. The Morgan fingerprint density at radius 2 is 2.12 bits per heavy atom. The number of carbonyl (C=O) groups is 1. The van der Waals surface area contributed by atoms with Crippen LogP contribution in [0.5, 0.6) is 5.75 Å². The van der Waals surface area contributed by atoms with Gasteiger partial charge in [-0.2, -0.15) is 0 Å². The van der Waals surface area contributed by atoms with Gasteiger partial charge in [-0.05, 0) is 37.7 Å². The van der Waals surface area contributed by atoms with Crippen molar-refractivity contribution in [3.8, 4) is 5.75 Å². The number of carbonyl (C=O) groups excluding carboxylic acids is 1. The molecule has 1 saturated heterocycles. The molecular weight excluding hydrogens is 326 g/mol.